The molecule has 0 aliphatic carbocycles. The van der Waals surface area contributed by atoms with E-state index in [0.717, 1.165) is 12.1 Å². The summed E-state index contributed by atoms with van der Waals surface area (Å²) in [5, 5.41) is 0. The molecule has 2 aromatic heterocycles. The number of benzene rings is 1. The number of aromatic nitrogens is 2. The molecule has 0 saturated heterocycles. The fourth-order valence-corrected chi connectivity index (χ4v) is 2.16. The molecule has 6 heteroatoms. The summed E-state index contributed by atoms with van der Waals surface area (Å²) in [5.41, 5.74) is 0.753. The van der Waals surface area contributed by atoms with Crippen LogP contribution < -0.4 is 5.56 Å². The molecule has 0 radical (unpaired) electrons. The summed E-state index contributed by atoms with van der Waals surface area (Å²) in [6.45, 7) is 0. The lowest BCUT2D eigenvalue weighted by molar-refractivity contribution is -0.137. The monoisotopic (exact) mass is 290 g/mol. The van der Waals surface area contributed by atoms with E-state index in [2.05, 4.69) is 9.97 Å². The van der Waals surface area contributed by atoms with E-state index in [-0.39, 0.29) is 5.56 Å². The third kappa shape index (κ3) is 2.52. The van der Waals surface area contributed by atoms with Crippen molar-refractivity contribution in [2.45, 2.75) is 6.18 Å². The summed E-state index contributed by atoms with van der Waals surface area (Å²) in [5.74, 6) is 0. The molecule has 0 fully saturated rings. The van der Waals surface area contributed by atoms with Crippen LogP contribution in [-0.2, 0) is 6.18 Å². The van der Waals surface area contributed by atoms with Crippen LogP contribution in [0.2, 0.25) is 0 Å². The number of rotatable bonds is 1. The van der Waals surface area contributed by atoms with Crippen LogP contribution in [-0.4, -0.2) is 9.97 Å². The molecule has 3 rings (SSSR count). The minimum Gasteiger partial charge on any atom is -0.320 e. The van der Waals surface area contributed by atoms with Gasteiger partial charge in [0.05, 0.1) is 16.6 Å². The topological polar surface area (TPSA) is 45.8 Å². The second-order valence-corrected chi connectivity index (χ2v) is 4.52. The summed E-state index contributed by atoms with van der Waals surface area (Å²) in [7, 11) is 0. The van der Waals surface area contributed by atoms with Gasteiger partial charge in [-0.05, 0) is 29.8 Å². The van der Waals surface area contributed by atoms with Gasteiger partial charge in [0.15, 0.2) is 0 Å². The zero-order valence-electron chi connectivity index (χ0n) is 10.6. The minimum atomic E-state index is -4.41. The number of hydrogen-bond acceptors (Lipinski definition) is 2. The summed E-state index contributed by atoms with van der Waals surface area (Å²) >= 11 is 0. The highest BCUT2D eigenvalue weighted by molar-refractivity contribution is 5.90. The van der Waals surface area contributed by atoms with E-state index in [1.807, 2.05) is 0 Å². The third-order valence-electron chi connectivity index (χ3n) is 3.12. The minimum absolute atomic E-state index is 0.330. The maximum Gasteiger partial charge on any atom is 0.416 e. The highest BCUT2D eigenvalue weighted by Crippen LogP contribution is 2.33. The molecule has 0 unspecified atom stereocenters. The second-order valence-electron chi connectivity index (χ2n) is 4.52. The van der Waals surface area contributed by atoms with Crippen molar-refractivity contribution in [3.8, 4) is 11.1 Å². The van der Waals surface area contributed by atoms with Crippen LogP contribution in [0.5, 0.6) is 0 Å². The first-order valence-electron chi connectivity index (χ1n) is 6.11. The molecule has 1 N–H and O–H groups in total. The molecule has 0 aliphatic rings. The van der Waals surface area contributed by atoms with Gasteiger partial charge in [0.1, 0.15) is 0 Å². The van der Waals surface area contributed by atoms with Crippen molar-refractivity contribution in [3.05, 3.63) is 64.6 Å². The van der Waals surface area contributed by atoms with Crippen LogP contribution in [0.1, 0.15) is 5.56 Å². The van der Waals surface area contributed by atoms with Gasteiger partial charge in [0.2, 0.25) is 5.56 Å². The Morgan fingerprint density at radius 2 is 1.86 bits per heavy atom. The number of hydrogen-bond donors (Lipinski definition) is 1. The maximum atomic E-state index is 12.8. The van der Waals surface area contributed by atoms with Crippen LogP contribution in [0.15, 0.2) is 53.5 Å². The molecule has 0 saturated carbocycles. The highest BCUT2D eigenvalue weighted by Gasteiger charge is 2.30. The zero-order chi connectivity index (χ0) is 15.0. The highest BCUT2D eigenvalue weighted by atomic mass is 19.4. The Hall–Kier alpha value is -2.63. The molecule has 2 heterocycles. The van der Waals surface area contributed by atoms with Crippen LogP contribution in [0, 0.1) is 0 Å². The van der Waals surface area contributed by atoms with Gasteiger partial charge in [0.25, 0.3) is 0 Å². The number of fused-ring (bicyclic) bond motifs is 1. The lowest BCUT2D eigenvalue weighted by atomic mass is 10.0. The molecular weight excluding hydrogens is 281 g/mol. The third-order valence-corrected chi connectivity index (χ3v) is 3.12. The van der Waals surface area contributed by atoms with Crippen LogP contribution in [0.3, 0.4) is 0 Å². The normalized spacial score (nSPS) is 11.8. The molecule has 0 spiro atoms. The molecule has 0 amide bonds. The summed E-state index contributed by atoms with van der Waals surface area (Å²) in [4.78, 5) is 18.1. The Labute approximate surface area is 117 Å². The van der Waals surface area contributed by atoms with Crippen LogP contribution in [0.25, 0.3) is 22.2 Å². The van der Waals surface area contributed by atoms with Gasteiger partial charge in [-0.1, -0.05) is 12.1 Å². The fourth-order valence-electron chi connectivity index (χ4n) is 2.16. The van der Waals surface area contributed by atoms with Gasteiger partial charge in [-0.3, -0.25) is 9.78 Å². The van der Waals surface area contributed by atoms with Gasteiger partial charge in [-0.15, -0.1) is 0 Å². The number of nitrogens with one attached hydrogen (secondary N) is 1. The molecule has 106 valence electrons. The van der Waals surface area contributed by atoms with Gasteiger partial charge < -0.3 is 4.98 Å². The van der Waals surface area contributed by atoms with Crippen molar-refractivity contribution < 1.29 is 13.2 Å². The Kier molecular flexibility index (Phi) is 3.01. The van der Waals surface area contributed by atoms with Crippen molar-refractivity contribution in [3.63, 3.8) is 0 Å². The number of aromatic amines is 1. The van der Waals surface area contributed by atoms with E-state index in [1.54, 1.807) is 12.1 Å². The predicted octanol–water partition coefficient (Wildman–Crippen LogP) is 3.61. The quantitative estimate of drug-likeness (QED) is 0.744. The first-order chi connectivity index (χ1) is 9.95. The number of nitrogens with zero attached hydrogens (tertiary/aromatic N) is 1. The second kappa shape index (κ2) is 4.73. The standard InChI is InChI=1S/C15H9F3N2O/c16-15(17,18)10-3-1-2-9(8-10)11-6-7-19-12-4-5-13(21)20-14(11)12/h1-8H,(H,20,21). The van der Waals surface area contributed by atoms with Gasteiger partial charge in [0, 0.05) is 17.8 Å². The number of pyridine rings is 2. The van der Waals surface area contributed by atoms with Crippen molar-refractivity contribution >= 4 is 11.0 Å². The largest absolute Gasteiger partial charge is 0.416 e. The van der Waals surface area contributed by atoms with Gasteiger partial charge >= 0.3 is 6.18 Å². The maximum absolute atomic E-state index is 12.8. The lowest BCUT2D eigenvalue weighted by Gasteiger charge is -2.10. The predicted molar refractivity (Wildman–Crippen MR) is 72.8 cm³/mol. The average Bonchev–Trinajstić information content (AvgIpc) is 2.46. The Bertz CT molecular complexity index is 868. The molecule has 3 aromatic rings. The van der Waals surface area contributed by atoms with Crippen molar-refractivity contribution in [1.82, 2.24) is 9.97 Å². The summed E-state index contributed by atoms with van der Waals surface area (Å²) in [6.07, 6.45) is -2.91. The number of H-pyrrole nitrogens is 1. The molecule has 0 aliphatic heterocycles. The molecule has 21 heavy (non-hydrogen) atoms. The number of halogens is 3. The molecule has 1 aromatic carbocycles. The molecule has 3 nitrogen and oxygen atoms in total. The van der Waals surface area contributed by atoms with E-state index in [9.17, 15) is 18.0 Å². The van der Waals surface area contributed by atoms with E-state index >= 15 is 0 Å². The lowest BCUT2D eigenvalue weighted by Crippen LogP contribution is -2.05. The van der Waals surface area contributed by atoms with Crippen LogP contribution >= 0.6 is 0 Å². The SMILES string of the molecule is O=c1ccc2nccc(-c3cccc(C(F)(F)F)c3)c2[nH]1. The van der Waals surface area contributed by atoms with Crippen molar-refractivity contribution in [1.29, 1.82) is 0 Å². The average molecular weight is 290 g/mol. The Morgan fingerprint density at radius 3 is 2.62 bits per heavy atom. The van der Waals surface area contributed by atoms with Crippen molar-refractivity contribution in [2.75, 3.05) is 0 Å². The zero-order valence-corrected chi connectivity index (χ0v) is 10.6. The van der Waals surface area contributed by atoms with E-state index in [0.29, 0.717) is 22.2 Å². The molecule has 0 bridgehead atoms. The number of alkyl halides is 3. The van der Waals surface area contributed by atoms with Gasteiger partial charge in [-0.2, -0.15) is 13.2 Å². The van der Waals surface area contributed by atoms with Gasteiger partial charge in [-0.25, -0.2) is 0 Å². The van der Waals surface area contributed by atoms with E-state index in [1.165, 1.54) is 24.4 Å². The first-order valence-corrected chi connectivity index (χ1v) is 6.11. The molecular formula is C15H9F3N2O. The molecule has 0 atom stereocenters. The Balaban J connectivity index is 2.26. The van der Waals surface area contributed by atoms with Crippen molar-refractivity contribution in [2.24, 2.45) is 0 Å². The van der Waals surface area contributed by atoms with E-state index in [4.69, 9.17) is 0 Å². The summed E-state index contributed by atoms with van der Waals surface area (Å²) in [6, 6.07) is 9.40. The van der Waals surface area contributed by atoms with Crippen LogP contribution in [0.4, 0.5) is 13.2 Å². The van der Waals surface area contributed by atoms with E-state index < -0.39 is 11.7 Å². The Morgan fingerprint density at radius 1 is 1.05 bits per heavy atom. The smallest absolute Gasteiger partial charge is 0.320 e. The summed E-state index contributed by atoms with van der Waals surface area (Å²) < 4.78 is 38.4. The fraction of sp³-hybridized carbons (Fsp3) is 0.0667. The first kappa shape index (κ1) is 13.4.